The highest BCUT2D eigenvalue weighted by molar-refractivity contribution is 6.17. The molecular weight excluding hydrogens is 797 g/mol. The zero-order valence-corrected chi connectivity index (χ0v) is 36.4. The first-order valence-electron chi connectivity index (χ1n) is 23.1. The van der Waals surface area contributed by atoms with Crippen molar-refractivity contribution in [3.63, 3.8) is 0 Å². The molecule has 0 unspecified atom stereocenters. The highest BCUT2D eigenvalue weighted by Gasteiger charge is 2.46. The summed E-state index contributed by atoms with van der Waals surface area (Å²) in [5, 5.41) is 12.1. The second kappa shape index (κ2) is 15.5. The Morgan fingerprint density at radius 1 is 0.258 bits per heavy atom. The van der Waals surface area contributed by atoms with Crippen LogP contribution in [0.4, 0.5) is 0 Å². The maximum absolute atomic E-state index is 7.57. The van der Waals surface area contributed by atoms with Crippen LogP contribution in [-0.4, -0.2) is 0 Å². The zero-order chi connectivity index (χ0) is 43.6. The van der Waals surface area contributed by atoms with E-state index in [1.54, 1.807) is 0 Å². The molecule has 0 radical (unpaired) electrons. The number of hydrogen-bond donors (Lipinski definition) is 0. The summed E-state index contributed by atoms with van der Waals surface area (Å²) in [4.78, 5) is 0. The molecule has 0 aromatic heterocycles. The molecule has 1 aliphatic rings. The predicted octanol–water partition coefficient (Wildman–Crippen LogP) is 17.3. The molecule has 0 aliphatic carbocycles. The Balaban J connectivity index is 1.03. The largest absolute Gasteiger partial charge is 0.455 e. The number of ether oxygens (including phenoxy) is 1. The van der Waals surface area contributed by atoms with Gasteiger partial charge in [0.25, 0.3) is 0 Å². The summed E-state index contributed by atoms with van der Waals surface area (Å²) < 4.78 is 7.57. The number of benzene rings is 12. The molecule has 1 heteroatoms. The summed E-state index contributed by atoms with van der Waals surface area (Å²) in [7, 11) is 0. The van der Waals surface area contributed by atoms with Crippen molar-refractivity contribution < 1.29 is 4.74 Å². The molecule has 12 aromatic rings. The molecule has 0 fully saturated rings. The Labute approximate surface area is 384 Å². The van der Waals surface area contributed by atoms with E-state index in [9.17, 15) is 0 Å². The fourth-order valence-electron chi connectivity index (χ4n) is 11.2. The van der Waals surface area contributed by atoms with Crippen molar-refractivity contribution in [2.24, 2.45) is 0 Å². The van der Waals surface area contributed by atoms with Crippen LogP contribution >= 0.6 is 0 Å². The molecule has 1 nitrogen and oxygen atoms in total. The minimum absolute atomic E-state index is 0.550. The molecule has 0 N–H and O–H groups in total. The Bertz CT molecular complexity index is 3690. The Morgan fingerprint density at radius 2 is 0.561 bits per heavy atom. The molecule has 0 atom stereocenters. The van der Waals surface area contributed by atoms with Crippen LogP contribution in [0.1, 0.15) is 22.3 Å². The third kappa shape index (κ3) is 6.23. The average Bonchev–Trinajstić information content (AvgIpc) is 3.39. The monoisotopic (exact) mass is 840 g/mol. The third-order valence-corrected chi connectivity index (χ3v) is 14.2. The van der Waals surface area contributed by atoms with Crippen molar-refractivity contribution >= 4 is 53.9 Å². The molecule has 1 aliphatic heterocycles. The standard InChI is InChI=1S/C65H44O/c1-3-15-45(16-4-1)47-31-27-43(28-32-47)41-65(42-44-29-33-48(34-30-44)50-36-38-51-39-49(35-37-52(51)40-50)46-17-5-2-6-18-46)61-57-23-11-7-19-53(57)55-21-9-13-25-59(55)63(61)66-64-60-26-14-10-22-56(60)54-20-8-12-24-58(54)62(64)65/h1-40H,41-42H2. The van der Waals surface area contributed by atoms with Gasteiger partial charge in [-0.1, -0.05) is 231 Å². The zero-order valence-electron chi connectivity index (χ0n) is 36.4. The van der Waals surface area contributed by atoms with Crippen molar-refractivity contribution in [3.05, 3.63) is 265 Å². The van der Waals surface area contributed by atoms with Crippen LogP contribution in [0.25, 0.3) is 87.2 Å². The lowest BCUT2D eigenvalue weighted by Gasteiger charge is -2.43. The van der Waals surface area contributed by atoms with Crippen LogP contribution in [0, 0.1) is 0 Å². The fraction of sp³-hybridized carbons (Fsp3) is 0.0462. The minimum Gasteiger partial charge on any atom is -0.455 e. The molecule has 0 bridgehead atoms. The summed E-state index contributed by atoms with van der Waals surface area (Å²) in [6, 6.07) is 89.4. The van der Waals surface area contributed by atoms with Crippen molar-refractivity contribution in [2.45, 2.75) is 18.3 Å². The normalized spacial score (nSPS) is 12.9. The molecule has 0 saturated carbocycles. The van der Waals surface area contributed by atoms with E-state index in [1.807, 2.05) is 0 Å². The van der Waals surface area contributed by atoms with Gasteiger partial charge in [-0.15, -0.1) is 0 Å². The van der Waals surface area contributed by atoms with E-state index in [0.717, 1.165) is 35.1 Å². The van der Waals surface area contributed by atoms with Gasteiger partial charge in [0.05, 0.1) is 0 Å². The van der Waals surface area contributed by atoms with Gasteiger partial charge in [-0.05, 0) is 113 Å². The molecule has 0 saturated heterocycles. The highest BCUT2D eigenvalue weighted by atomic mass is 16.5. The maximum Gasteiger partial charge on any atom is 0.140 e. The van der Waals surface area contributed by atoms with E-state index in [-0.39, 0.29) is 0 Å². The molecule has 310 valence electrons. The third-order valence-electron chi connectivity index (χ3n) is 14.2. The van der Waals surface area contributed by atoms with E-state index in [0.29, 0.717) is 0 Å². The topological polar surface area (TPSA) is 9.23 Å². The number of fused-ring (bicyclic) bond motifs is 13. The summed E-state index contributed by atoms with van der Waals surface area (Å²) in [6.45, 7) is 0. The van der Waals surface area contributed by atoms with E-state index < -0.39 is 5.41 Å². The minimum atomic E-state index is -0.550. The van der Waals surface area contributed by atoms with Gasteiger partial charge in [-0.3, -0.25) is 0 Å². The van der Waals surface area contributed by atoms with Crippen molar-refractivity contribution in [2.75, 3.05) is 0 Å². The smallest absolute Gasteiger partial charge is 0.140 e. The van der Waals surface area contributed by atoms with E-state index >= 15 is 0 Å². The fourth-order valence-corrected chi connectivity index (χ4v) is 11.2. The van der Waals surface area contributed by atoms with Gasteiger partial charge in [0, 0.05) is 27.3 Å². The van der Waals surface area contributed by atoms with E-state index in [2.05, 4.69) is 243 Å². The molecule has 13 rings (SSSR count). The second-order valence-corrected chi connectivity index (χ2v) is 18.0. The van der Waals surface area contributed by atoms with Crippen LogP contribution in [0.2, 0.25) is 0 Å². The quantitative estimate of drug-likeness (QED) is 0.145. The molecule has 12 aromatic carbocycles. The van der Waals surface area contributed by atoms with Crippen LogP contribution in [-0.2, 0) is 18.3 Å². The van der Waals surface area contributed by atoms with E-state index in [1.165, 1.54) is 98.7 Å². The van der Waals surface area contributed by atoms with Gasteiger partial charge in [0.1, 0.15) is 11.5 Å². The summed E-state index contributed by atoms with van der Waals surface area (Å²) in [5.41, 5.74) is 11.9. The summed E-state index contributed by atoms with van der Waals surface area (Å²) >= 11 is 0. The van der Waals surface area contributed by atoms with Crippen molar-refractivity contribution in [1.82, 2.24) is 0 Å². The van der Waals surface area contributed by atoms with Gasteiger partial charge >= 0.3 is 0 Å². The van der Waals surface area contributed by atoms with Crippen LogP contribution in [0.3, 0.4) is 0 Å². The molecule has 0 spiro atoms. The maximum atomic E-state index is 7.57. The number of hydrogen-bond acceptors (Lipinski definition) is 1. The van der Waals surface area contributed by atoms with E-state index in [4.69, 9.17) is 4.74 Å². The van der Waals surface area contributed by atoms with Crippen molar-refractivity contribution in [1.29, 1.82) is 0 Å². The highest BCUT2D eigenvalue weighted by Crippen LogP contribution is 2.60. The molecule has 1 heterocycles. The summed E-state index contributed by atoms with van der Waals surface area (Å²) in [6.07, 6.45) is 1.54. The van der Waals surface area contributed by atoms with Gasteiger partial charge in [0.2, 0.25) is 0 Å². The molecule has 66 heavy (non-hydrogen) atoms. The summed E-state index contributed by atoms with van der Waals surface area (Å²) in [5.74, 6) is 1.92. The predicted molar refractivity (Wildman–Crippen MR) is 278 cm³/mol. The lowest BCUT2D eigenvalue weighted by Crippen LogP contribution is -2.37. The molecule has 0 amide bonds. The second-order valence-electron chi connectivity index (χ2n) is 18.0. The molecular formula is C65H44O. The lowest BCUT2D eigenvalue weighted by molar-refractivity contribution is 0.399. The van der Waals surface area contributed by atoms with Gasteiger partial charge < -0.3 is 4.74 Å². The van der Waals surface area contributed by atoms with Crippen LogP contribution in [0.15, 0.2) is 243 Å². The average molecular weight is 841 g/mol. The van der Waals surface area contributed by atoms with Crippen molar-refractivity contribution in [3.8, 4) is 44.9 Å². The Kier molecular flexibility index (Phi) is 8.96. The number of rotatable bonds is 7. The van der Waals surface area contributed by atoms with Gasteiger partial charge in [-0.25, -0.2) is 0 Å². The lowest BCUT2D eigenvalue weighted by atomic mass is 9.62. The first kappa shape index (κ1) is 38.2. The van der Waals surface area contributed by atoms with Gasteiger partial charge in [-0.2, -0.15) is 0 Å². The first-order chi connectivity index (χ1) is 32.7. The van der Waals surface area contributed by atoms with Gasteiger partial charge in [0.15, 0.2) is 0 Å². The Hall–Kier alpha value is -8.26. The first-order valence-corrected chi connectivity index (χ1v) is 23.1. The Morgan fingerprint density at radius 3 is 0.985 bits per heavy atom. The SMILES string of the molecule is c1ccc(-c2ccc(CC3(Cc4ccc(-c5ccc6cc(-c7ccccc7)ccc6c5)cc4)c4c(c5ccccc5c5ccccc45)Oc4c3c3ccccc3c3ccccc43)cc2)cc1. The van der Waals surface area contributed by atoms with Crippen LogP contribution < -0.4 is 4.74 Å². The van der Waals surface area contributed by atoms with Crippen LogP contribution in [0.5, 0.6) is 11.5 Å².